The number of aromatic nitrogens is 2. The number of hydrogen-bond acceptors (Lipinski definition) is 3. The Hall–Kier alpha value is -1.26. The maximum atomic E-state index is 8.69. The van der Waals surface area contributed by atoms with Crippen LogP contribution in [0, 0.1) is 0 Å². The van der Waals surface area contributed by atoms with Crippen molar-refractivity contribution < 1.29 is 5.11 Å². The van der Waals surface area contributed by atoms with Crippen molar-refractivity contribution >= 4 is 29.4 Å². The number of benzene rings is 1. The fourth-order valence-electron chi connectivity index (χ4n) is 1.47. The van der Waals surface area contributed by atoms with Gasteiger partial charge in [-0.2, -0.15) is 0 Å². The molecule has 0 aliphatic heterocycles. The Bertz CT molecular complexity index is 441. The zero-order chi connectivity index (χ0) is 9.97. The molecule has 1 aromatic carbocycles. The summed E-state index contributed by atoms with van der Waals surface area (Å²) in [6.07, 6.45) is 0. The number of halogens is 1. The van der Waals surface area contributed by atoms with Gasteiger partial charge in [0, 0.05) is 13.6 Å². The topological polar surface area (TPSA) is 50.1 Å². The van der Waals surface area contributed by atoms with Gasteiger partial charge in [0.15, 0.2) is 0 Å². The molecule has 5 heteroatoms. The van der Waals surface area contributed by atoms with Crippen LogP contribution in [0.5, 0.6) is 0 Å². The standard InChI is InChI=1S/C10H13N3O.ClH/c1-13-9-5-3-2-4-8(9)12-10(13)11-6-7-14;/h2-5,14H,6-7H2,1H3,(H,11,12);1H. The number of nitrogens with zero attached hydrogens (tertiary/aromatic N) is 2. The second kappa shape index (κ2) is 5.00. The predicted octanol–water partition coefficient (Wildman–Crippen LogP) is 1.40. The molecule has 1 aromatic heterocycles. The number of anilines is 1. The van der Waals surface area contributed by atoms with Crippen LogP contribution < -0.4 is 5.32 Å². The van der Waals surface area contributed by atoms with E-state index in [0.717, 1.165) is 17.0 Å². The van der Waals surface area contributed by atoms with Crippen molar-refractivity contribution in [3.63, 3.8) is 0 Å². The van der Waals surface area contributed by atoms with Gasteiger partial charge in [-0.25, -0.2) is 4.98 Å². The van der Waals surface area contributed by atoms with E-state index in [1.54, 1.807) is 0 Å². The third kappa shape index (κ3) is 2.22. The molecule has 0 fully saturated rings. The first-order chi connectivity index (χ1) is 6.83. The van der Waals surface area contributed by atoms with Gasteiger partial charge in [-0.15, -0.1) is 12.4 Å². The first kappa shape index (κ1) is 11.8. The van der Waals surface area contributed by atoms with Crippen LogP contribution in [0.15, 0.2) is 24.3 Å². The first-order valence-corrected chi connectivity index (χ1v) is 4.59. The van der Waals surface area contributed by atoms with Crippen LogP contribution in [0.4, 0.5) is 5.95 Å². The van der Waals surface area contributed by atoms with Crippen molar-refractivity contribution in [2.45, 2.75) is 0 Å². The number of aryl methyl sites for hydroxylation is 1. The Morgan fingerprint density at radius 3 is 2.80 bits per heavy atom. The quantitative estimate of drug-likeness (QED) is 0.834. The van der Waals surface area contributed by atoms with Crippen LogP contribution in [-0.2, 0) is 7.05 Å². The molecular weight excluding hydrogens is 214 g/mol. The number of imidazole rings is 1. The van der Waals surface area contributed by atoms with Gasteiger partial charge in [-0.1, -0.05) is 12.1 Å². The molecule has 2 rings (SSSR count). The number of fused-ring (bicyclic) bond motifs is 1. The van der Waals surface area contributed by atoms with Gasteiger partial charge in [0.05, 0.1) is 17.6 Å². The summed E-state index contributed by atoms with van der Waals surface area (Å²) in [5, 5.41) is 11.7. The highest BCUT2D eigenvalue weighted by molar-refractivity contribution is 5.85. The normalized spacial score (nSPS) is 10.0. The minimum absolute atomic E-state index is 0. The summed E-state index contributed by atoms with van der Waals surface area (Å²) in [4.78, 5) is 4.39. The van der Waals surface area contributed by atoms with E-state index in [0.29, 0.717) is 6.54 Å². The number of hydrogen-bond donors (Lipinski definition) is 2. The maximum absolute atomic E-state index is 8.69. The Balaban J connectivity index is 0.00000112. The van der Waals surface area contributed by atoms with Gasteiger partial charge in [0.25, 0.3) is 0 Å². The van der Waals surface area contributed by atoms with Gasteiger partial charge in [0.2, 0.25) is 5.95 Å². The lowest BCUT2D eigenvalue weighted by atomic mass is 10.3. The van der Waals surface area contributed by atoms with E-state index in [2.05, 4.69) is 10.3 Å². The first-order valence-electron chi connectivity index (χ1n) is 4.59. The molecule has 0 atom stereocenters. The number of aliphatic hydroxyl groups is 1. The molecule has 1 heterocycles. The van der Waals surface area contributed by atoms with Crippen molar-refractivity contribution in [3.05, 3.63) is 24.3 Å². The summed E-state index contributed by atoms with van der Waals surface area (Å²) in [6.45, 7) is 0.639. The number of aliphatic hydroxyl groups excluding tert-OH is 1. The van der Waals surface area contributed by atoms with E-state index in [-0.39, 0.29) is 19.0 Å². The average Bonchev–Trinajstić information content (AvgIpc) is 2.54. The van der Waals surface area contributed by atoms with Crippen molar-refractivity contribution in [1.82, 2.24) is 9.55 Å². The smallest absolute Gasteiger partial charge is 0.203 e. The molecular formula is C10H14ClN3O. The highest BCUT2D eigenvalue weighted by atomic mass is 35.5. The fraction of sp³-hybridized carbons (Fsp3) is 0.300. The number of nitrogens with one attached hydrogen (secondary N) is 1. The summed E-state index contributed by atoms with van der Waals surface area (Å²) in [5.41, 5.74) is 2.06. The molecule has 0 saturated carbocycles. The fourth-order valence-corrected chi connectivity index (χ4v) is 1.47. The summed E-state index contributed by atoms with van der Waals surface area (Å²) in [7, 11) is 1.95. The minimum atomic E-state index is 0. The van der Waals surface area contributed by atoms with Crippen LogP contribution in [0.2, 0.25) is 0 Å². The lowest BCUT2D eigenvalue weighted by molar-refractivity contribution is 0.310. The zero-order valence-electron chi connectivity index (χ0n) is 8.47. The summed E-state index contributed by atoms with van der Waals surface area (Å²) in [6, 6.07) is 7.94. The van der Waals surface area contributed by atoms with E-state index >= 15 is 0 Å². The monoisotopic (exact) mass is 227 g/mol. The Kier molecular flexibility index (Phi) is 3.94. The minimum Gasteiger partial charge on any atom is -0.395 e. The van der Waals surface area contributed by atoms with Crippen molar-refractivity contribution in [3.8, 4) is 0 Å². The highest BCUT2D eigenvalue weighted by Crippen LogP contribution is 2.16. The van der Waals surface area contributed by atoms with Gasteiger partial charge in [0.1, 0.15) is 0 Å². The van der Waals surface area contributed by atoms with Crippen LogP contribution >= 0.6 is 12.4 Å². The van der Waals surface area contributed by atoms with Crippen molar-refractivity contribution in [2.24, 2.45) is 7.05 Å². The van der Waals surface area contributed by atoms with Crippen LogP contribution in [0.1, 0.15) is 0 Å². The molecule has 0 amide bonds. The van der Waals surface area contributed by atoms with Gasteiger partial charge >= 0.3 is 0 Å². The second-order valence-electron chi connectivity index (χ2n) is 3.13. The molecule has 0 radical (unpaired) electrons. The maximum Gasteiger partial charge on any atom is 0.203 e. The molecule has 2 aromatic rings. The second-order valence-corrected chi connectivity index (χ2v) is 3.13. The number of rotatable bonds is 3. The molecule has 0 aliphatic rings. The highest BCUT2D eigenvalue weighted by Gasteiger charge is 2.04. The largest absolute Gasteiger partial charge is 0.395 e. The summed E-state index contributed by atoms with van der Waals surface area (Å²) >= 11 is 0. The van der Waals surface area contributed by atoms with Crippen LogP contribution in [-0.4, -0.2) is 27.8 Å². The van der Waals surface area contributed by atoms with E-state index in [4.69, 9.17) is 5.11 Å². The molecule has 0 aliphatic carbocycles. The van der Waals surface area contributed by atoms with Crippen LogP contribution in [0.25, 0.3) is 11.0 Å². The predicted molar refractivity (Wildman–Crippen MR) is 63.5 cm³/mol. The molecule has 0 bridgehead atoms. The van der Waals surface area contributed by atoms with Crippen molar-refractivity contribution in [1.29, 1.82) is 0 Å². The van der Waals surface area contributed by atoms with E-state index in [1.165, 1.54) is 0 Å². The molecule has 82 valence electrons. The van der Waals surface area contributed by atoms with Gasteiger partial charge in [-0.3, -0.25) is 0 Å². The average molecular weight is 228 g/mol. The Labute approximate surface area is 94.3 Å². The lowest BCUT2D eigenvalue weighted by Crippen LogP contribution is -2.09. The molecule has 2 N–H and O–H groups in total. The Morgan fingerprint density at radius 1 is 1.40 bits per heavy atom. The lowest BCUT2D eigenvalue weighted by Gasteiger charge is -2.03. The van der Waals surface area contributed by atoms with Crippen LogP contribution in [0.3, 0.4) is 0 Å². The molecule has 0 unspecified atom stereocenters. The number of para-hydroxylation sites is 2. The molecule has 0 spiro atoms. The molecule has 4 nitrogen and oxygen atoms in total. The van der Waals surface area contributed by atoms with Crippen molar-refractivity contribution in [2.75, 3.05) is 18.5 Å². The Morgan fingerprint density at radius 2 is 2.13 bits per heavy atom. The molecule has 0 saturated heterocycles. The molecule has 15 heavy (non-hydrogen) atoms. The SMILES string of the molecule is Cl.Cn1c(NCCO)nc2ccccc21. The van der Waals surface area contributed by atoms with E-state index in [1.807, 2.05) is 35.9 Å². The third-order valence-corrected chi connectivity index (χ3v) is 2.18. The van der Waals surface area contributed by atoms with E-state index in [9.17, 15) is 0 Å². The third-order valence-electron chi connectivity index (χ3n) is 2.18. The van der Waals surface area contributed by atoms with E-state index < -0.39 is 0 Å². The van der Waals surface area contributed by atoms with Gasteiger partial charge < -0.3 is 15.0 Å². The summed E-state index contributed by atoms with van der Waals surface area (Å²) in [5.74, 6) is 0.792. The zero-order valence-corrected chi connectivity index (χ0v) is 9.29. The van der Waals surface area contributed by atoms with Gasteiger partial charge in [-0.05, 0) is 12.1 Å². The summed E-state index contributed by atoms with van der Waals surface area (Å²) < 4.78 is 1.98.